The summed E-state index contributed by atoms with van der Waals surface area (Å²) in [7, 11) is 0. The third-order valence-electron chi connectivity index (χ3n) is 2.31. The third-order valence-corrected chi connectivity index (χ3v) is 3.05. The highest BCUT2D eigenvalue weighted by atomic mass is 35.5. The molecule has 2 aromatic rings. The van der Waals surface area contributed by atoms with Gasteiger partial charge in [-0.15, -0.1) is 0 Å². The largest absolute Gasteiger partial charge is 0.438 e. The van der Waals surface area contributed by atoms with Crippen molar-refractivity contribution < 1.29 is 4.74 Å². The summed E-state index contributed by atoms with van der Waals surface area (Å²) in [4.78, 5) is 8.35. The Morgan fingerprint density at radius 1 is 1.26 bits per heavy atom. The van der Waals surface area contributed by atoms with Crippen molar-refractivity contribution in [3.63, 3.8) is 0 Å². The molecular weight excluding hydrogens is 280 g/mol. The van der Waals surface area contributed by atoms with Gasteiger partial charge in [0.05, 0.1) is 0 Å². The second kappa shape index (κ2) is 6.59. The van der Waals surface area contributed by atoms with Crippen LogP contribution in [-0.2, 0) is 0 Å². The van der Waals surface area contributed by atoms with Crippen LogP contribution in [0.15, 0.2) is 41.6 Å². The number of ether oxygens (including phenoxy) is 1. The molecule has 98 valence electrons. The number of para-hydroxylation sites is 1. The van der Waals surface area contributed by atoms with Gasteiger partial charge in [-0.3, -0.25) is 0 Å². The Hall–Kier alpha value is -1.52. The van der Waals surface area contributed by atoms with Crippen molar-refractivity contribution in [3.05, 3.63) is 47.1 Å². The van der Waals surface area contributed by atoms with Crippen molar-refractivity contribution in [3.8, 4) is 11.6 Å². The van der Waals surface area contributed by atoms with Gasteiger partial charge in [0.1, 0.15) is 10.9 Å². The van der Waals surface area contributed by atoms with E-state index in [9.17, 15) is 0 Å². The van der Waals surface area contributed by atoms with Crippen LogP contribution in [0.1, 0.15) is 12.5 Å². The molecule has 1 aromatic carbocycles. The number of benzene rings is 1. The predicted molar refractivity (Wildman–Crippen MR) is 80.0 cm³/mol. The first-order chi connectivity index (χ1) is 9.22. The van der Waals surface area contributed by atoms with Crippen LogP contribution < -0.4 is 4.74 Å². The molecule has 2 rings (SSSR count). The van der Waals surface area contributed by atoms with E-state index in [1.54, 1.807) is 6.07 Å². The van der Waals surface area contributed by atoms with Gasteiger partial charge in [-0.25, -0.2) is 4.98 Å². The van der Waals surface area contributed by atoms with Crippen molar-refractivity contribution in [1.29, 1.82) is 0 Å². The Morgan fingerprint density at radius 3 is 2.79 bits per heavy atom. The molecule has 0 spiro atoms. The number of aromatic nitrogens is 2. The van der Waals surface area contributed by atoms with E-state index in [-0.39, 0.29) is 0 Å². The van der Waals surface area contributed by atoms with Crippen LogP contribution in [0.5, 0.6) is 11.6 Å². The molecule has 3 nitrogen and oxygen atoms in total. The zero-order valence-electron chi connectivity index (χ0n) is 10.6. The molecule has 0 fully saturated rings. The number of rotatable bonds is 4. The normalized spacial score (nSPS) is 10.9. The van der Waals surface area contributed by atoms with Gasteiger partial charge in [-0.05, 0) is 19.2 Å². The lowest BCUT2D eigenvalue weighted by Gasteiger charge is -2.08. The van der Waals surface area contributed by atoms with E-state index >= 15 is 0 Å². The van der Waals surface area contributed by atoms with E-state index in [4.69, 9.17) is 16.3 Å². The van der Waals surface area contributed by atoms with Gasteiger partial charge in [0.2, 0.25) is 5.88 Å². The Balaban J connectivity index is 2.33. The Morgan fingerprint density at radius 2 is 2.05 bits per heavy atom. The number of hydrogen-bond donors (Lipinski definition) is 0. The molecule has 19 heavy (non-hydrogen) atoms. The molecule has 0 saturated heterocycles. The van der Waals surface area contributed by atoms with E-state index in [0.717, 1.165) is 11.3 Å². The maximum absolute atomic E-state index is 5.94. The molecule has 0 amide bonds. The topological polar surface area (TPSA) is 35.0 Å². The molecule has 0 aliphatic heterocycles. The fraction of sp³-hybridized carbons (Fsp3) is 0.143. The molecule has 5 heteroatoms. The van der Waals surface area contributed by atoms with Crippen LogP contribution >= 0.6 is 23.4 Å². The highest BCUT2D eigenvalue weighted by Crippen LogP contribution is 2.27. The summed E-state index contributed by atoms with van der Waals surface area (Å²) in [6, 6.07) is 9.36. The smallest absolute Gasteiger partial charge is 0.224 e. The first-order valence-electron chi connectivity index (χ1n) is 5.71. The van der Waals surface area contributed by atoms with Crippen molar-refractivity contribution in [1.82, 2.24) is 9.97 Å². The van der Waals surface area contributed by atoms with Gasteiger partial charge >= 0.3 is 0 Å². The minimum Gasteiger partial charge on any atom is -0.438 e. The molecular formula is C14H13ClN2OS. The van der Waals surface area contributed by atoms with E-state index in [2.05, 4.69) is 9.97 Å². The Labute approximate surface area is 121 Å². The number of thioether (sulfide) groups is 1. The minimum atomic E-state index is 0.373. The highest BCUT2D eigenvalue weighted by molar-refractivity contribution is 7.98. The van der Waals surface area contributed by atoms with Crippen LogP contribution in [0.3, 0.4) is 0 Å². The van der Waals surface area contributed by atoms with Crippen molar-refractivity contribution >= 4 is 29.4 Å². The monoisotopic (exact) mass is 292 g/mol. The van der Waals surface area contributed by atoms with Gasteiger partial charge in [0.25, 0.3) is 0 Å². The van der Waals surface area contributed by atoms with Gasteiger partial charge in [0, 0.05) is 11.6 Å². The summed E-state index contributed by atoms with van der Waals surface area (Å²) >= 11 is 7.36. The molecule has 0 bridgehead atoms. The lowest BCUT2D eigenvalue weighted by atomic mass is 10.2. The van der Waals surface area contributed by atoms with Crippen molar-refractivity contribution in [2.24, 2.45) is 0 Å². The highest BCUT2D eigenvalue weighted by Gasteiger charge is 2.06. The molecule has 0 saturated carbocycles. The summed E-state index contributed by atoms with van der Waals surface area (Å²) in [5.41, 5.74) is 0.991. The Bertz CT molecular complexity index is 602. The summed E-state index contributed by atoms with van der Waals surface area (Å²) in [6.07, 6.45) is 5.83. The zero-order valence-corrected chi connectivity index (χ0v) is 12.2. The SMILES string of the molecule is C/C=C/c1ccccc1Oc1cc(Cl)nc(SC)n1. The maximum Gasteiger partial charge on any atom is 0.224 e. The summed E-state index contributed by atoms with van der Waals surface area (Å²) in [5, 5.41) is 0.962. The first-order valence-corrected chi connectivity index (χ1v) is 7.31. The summed E-state index contributed by atoms with van der Waals surface area (Å²) in [6.45, 7) is 1.96. The second-order valence-corrected chi connectivity index (χ2v) is 4.82. The number of halogens is 1. The van der Waals surface area contributed by atoms with Gasteiger partial charge in [-0.2, -0.15) is 4.98 Å². The molecule has 0 radical (unpaired) electrons. The molecule has 0 atom stereocenters. The van der Waals surface area contributed by atoms with E-state index < -0.39 is 0 Å². The summed E-state index contributed by atoms with van der Waals surface area (Å²) < 4.78 is 5.79. The first kappa shape index (κ1) is 13.9. The summed E-state index contributed by atoms with van der Waals surface area (Å²) in [5.74, 6) is 1.18. The third kappa shape index (κ3) is 3.72. The molecule has 0 unspecified atom stereocenters. The maximum atomic E-state index is 5.94. The molecule has 1 aromatic heterocycles. The van der Waals surface area contributed by atoms with Gasteiger partial charge < -0.3 is 4.74 Å². The van der Waals surface area contributed by atoms with E-state index in [1.807, 2.05) is 49.6 Å². The lowest BCUT2D eigenvalue weighted by molar-refractivity contribution is 0.454. The van der Waals surface area contributed by atoms with Crippen LogP contribution in [0.2, 0.25) is 5.15 Å². The van der Waals surface area contributed by atoms with Crippen molar-refractivity contribution in [2.75, 3.05) is 6.26 Å². The molecule has 0 N–H and O–H groups in total. The minimum absolute atomic E-state index is 0.373. The predicted octanol–water partition coefficient (Wildman–Crippen LogP) is 4.68. The van der Waals surface area contributed by atoms with Gasteiger partial charge in [0.15, 0.2) is 5.16 Å². The zero-order chi connectivity index (χ0) is 13.7. The fourth-order valence-electron chi connectivity index (χ4n) is 1.52. The van der Waals surface area contributed by atoms with E-state index in [0.29, 0.717) is 16.2 Å². The molecule has 1 heterocycles. The van der Waals surface area contributed by atoms with Crippen molar-refractivity contribution in [2.45, 2.75) is 12.1 Å². The fourth-order valence-corrected chi connectivity index (χ4v) is 2.12. The van der Waals surface area contributed by atoms with Crippen LogP contribution in [0, 0.1) is 0 Å². The number of allylic oxidation sites excluding steroid dienone is 1. The Kier molecular flexibility index (Phi) is 4.82. The molecule has 0 aliphatic rings. The lowest BCUT2D eigenvalue weighted by Crippen LogP contribution is -1.93. The standard InChI is InChI=1S/C14H13ClN2OS/c1-3-6-10-7-4-5-8-11(10)18-13-9-12(15)16-14(17-13)19-2/h3-9H,1-2H3/b6-3+. The number of hydrogen-bond acceptors (Lipinski definition) is 4. The second-order valence-electron chi connectivity index (χ2n) is 3.66. The quantitative estimate of drug-likeness (QED) is 0.466. The molecule has 0 aliphatic carbocycles. The average molecular weight is 293 g/mol. The van der Waals surface area contributed by atoms with Gasteiger partial charge in [-0.1, -0.05) is 53.7 Å². The van der Waals surface area contributed by atoms with Crippen LogP contribution in [0.4, 0.5) is 0 Å². The van der Waals surface area contributed by atoms with Crippen LogP contribution in [0.25, 0.3) is 6.08 Å². The average Bonchev–Trinajstić information content (AvgIpc) is 2.40. The van der Waals surface area contributed by atoms with E-state index in [1.165, 1.54) is 11.8 Å². The number of nitrogens with zero attached hydrogens (tertiary/aromatic N) is 2. The van der Waals surface area contributed by atoms with Crippen LogP contribution in [-0.4, -0.2) is 16.2 Å².